The van der Waals surface area contributed by atoms with E-state index in [9.17, 15) is 14.4 Å². The van der Waals surface area contributed by atoms with Crippen molar-refractivity contribution in [2.24, 2.45) is 4.99 Å². The normalized spacial score (nSPS) is 17.3. The molecule has 1 fully saturated rings. The number of ether oxygens (including phenoxy) is 1. The molecule has 41 heavy (non-hydrogen) atoms. The van der Waals surface area contributed by atoms with Crippen molar-refractivity contribution < 1.29 is 19.1 Å². The Morgan fingerprint density at radius 3 is 2.78 bits per heavy atom. The molecular weight excluding hydrogens is 540 g/mol. The van der Waals surface area contributed by atoms with Crippen LogP contribution in [0.5, 0.6) is 11.6 Å². The van der Waals surface area contributed by atoms with E-state index in [1.807, 2.05) is 30.3 Å². The molecule has 206 valence electrons. The molecule has 1 aliphatic carbocycles. The maximum absolute atomic E-state index is 13.5. The third kappa shape index (κ3) is 5.07. The highest BCUT2D eigenvalue weighted by molar-refractivity contribution is 7.21. The fourth-order valence-electron chi connectivity index (χ4n) is 5.11. The zero-order valence-electron chi connectivity index (χ0n) is 22.2. The predicted octanol–water partition coefficient (Wildman–Crippen LogP) is 6.30. The number of aliphatic imine (C=N–C) groups is 1. The molecule has 1 aliphatic heterocycles. The zero-order valence-corrected chi connectivity index (χ0v) is 23.0. The number of hydrogen-bond acceptors (Lipinski definition) is 7. The van der Waals surface area contributed by atoms with Crippen molar-refractivity contribution in [3.05, 3.63) is 78.0 Å². The van der Waals surface area contributed by atoms with Crippen LogP contribution in [0.15, 0.2) is 72.4 Å². The van der Waals surface area contributed by atoms with Crippen LogP contribution in [-0.2, 0) is 4.79 Å². The number of pyridine rings is 2. The topological polar surface area (TPSA) is 126 Å². The lowest BCUT2D eigenvalue weighted by Gasteiger charge is -2.29. The molecule has 0 saturated heterocycles. The number of hydrogen-bond donors (Lipinski definition) is 2. The van der Waals surface area contributed by atoms with Gasteiger partial charge in [-0.3, -0.25) is 14.5 Å². The predicted molar refractivity (Wildman–Crippen MR) is 159 cm³/mol. The summed E-state index contributed by atoms with van der Waals surface area (Å²) >= 11 is 1.20. The van der Waals surface area contributed by atoms with Crippen LogP contribution in [0.2, 0.25) is 0 Å². The van der Waals surface area contributed by atoms with Crippen LogP contribution in [0.1, 0.15) is 41.0 Å². The number of thiophene rings is 1. The second kappa shape index (κ2) is 10.9. The summed E-state index contributed by atoms with van der Waals surface area (Å²) < 4.78 is 5.85. The summed E-state index contributed by atoms with van der Waals surface area (Å²) in [6, 6.07) is 13.8. The van der Waals surface area contributed by atoms with Crippen molar-refractivity contribution in [1.82, 2.24) is 15.3 Å². The number of carbonyl (C=O) groups excluding carboxylic acids is 3. The first-order chi connectivity index (χ1) is 19.9. The van der Waals surface area contributed by atoms with Crippen LogP contribution in [0.3, 0.4) is 0 Å². The smallest absolute Gasteiger partial charge is 0.331 e. The van der Waals surface area contributed by atoms with Gasteiger partial charge in [0.15, 0.2) is 0 Å². The minimum atomic E-state index is -0.427. The lowest BCUT2D eigenvalue weighted by atomic mass is 9.93. The molecule has 11 heteroatoms. The molecule has 4 amide bonds. The molecule has 2 aliphatic rings. The van der Waals surface area contributed by atoms with Crippen molar-refractivity contribution in [3.63, 3.8) is 0 Å². The number of carbonyl (C=O) groups is 3. The second-order valence-electron chi connectivity index (χ2n) is 9.67. The maximum Gasteiger partial charge on any atom is 0.331 e. The van der Waals surface area contributed by atoms with Crippen molar-refractivity contribution >= 4 is 62.2 Å². The number of amides is 4. The van der Waals surface area contributed by atoms with Gasteiger partial charge in [-0.05, 0) is 56.5 Å². The summed E-state index contributed by atoms with van der Waals surface area (Å²) in [5, 5.41) is 6.61. The molecular formula is C30H26N6O4S. The lowest BCUT2D eigenvalue weighted by molar-refractivity contribution is -0.113. The molecule has 1 aromatic carbocycles. The number of para-hydroxylation sites is 1. The first-order valence-corrected chi connectivity index (χ1v) is 14.0. The fraction of sp³-hybridized carbons (Fsp3) is 0.200. The van der Waals surface area contributed by atoms with E-state index in [1.54, 1.807) is 31.3 Å². The Kier molecular flexibility index (Phi) is 7.02. The molecule has 0 radical (unpaired) electrons. The number of benzene rings is 1. The number of rotatable bonds is 6. The molecule has 4 aromatic rings. The standard InChI is InChI=1S/C30H26N6O4S/c1-3-23(37)33-19-11-7-8-12-20(19)34-28(38)27-26-25-22(15-16-31-29(25)41-27)36(30(39)35-26)21-13-14-24(32-17(21)2)40-18-9-5-4-6-10-18/h3-6,9-10,13-16,20H,1,7-8,11-12H2,2H3,(H,34,38)(H,35,39)/b33-19+/t20-/m1/s1. The fourth-order valence-corrected chi connectivity index (χ4v) is 6.13. The number of aromatic nitrogens is 2. The van der Waals surface area contributed by atoms with E-state index in [-0.39, 0.29) is 11.9 Å². The van der Waals surface area contributed by atoms with E-state index in [0.717, 1.165) is 18.9 Å². The molecule has 2 N–H and O–H groups in total. The first kappa shape index (κ1) is 26.3. The lowest BCUT2D eigenvalue weighted by Crippen LogP contribution is -2.43. The summed E-state index contributed by atoms with van der Waals surface area (Å²) in [7, 11) is 0. The quantitative estimate of drug-likeness (QED) is 0.264. The number of urea groups is 1. The largest absolute Gasteiger partial charge is 0.439 e. The summed E-state index contributed by atoms with van der Waals surface area (Å²) in [5.41, 5.74) is 2.82. The molecule has 0 spiro atoms. The number of nitrogens with one attached hydrogen (secondary N) is 2. The van der Waals surface area contributed by atoms with E-state index in [1.165, 1.54) is 16.2 Å². The number of anilines is 3. The van der Waals surface area contributed by atoms with Gasteiger partial charge in [0.2, 0.25) is 5.88 Å². The molecule has 4 heterocycles. The minimum absolute atomic E-state index is 0.342. The Morgan fingerprint density at radius 2 is 2.00 bits per heavy atom. The SMILES string of the molecule is C=CC(=O)/N=C1\CCCC[C@H]1NC(=O)c1sc2nccc3c2c1NC(=O)N3c1ccc(Oc2ccccc2)nc1C. The Balaban J connectivity index is 1.32. The average molecular weight is 567 g/mol. The Bertz CT molecular complexity index is 1730. The molecule has 0 bridgehead atoms. The highest BCUT2D eigenvalue weighted by atomic mass is 32.1. The van der Waals surface area contributed by atoms with Crippen molar-refractivity contribution in [2.45, 2.75) is 38.6 Å². The van der Waals surface area contributed by atoms with Gasteiger partial charge < -0.3 is 15.4 Å². The van der Waals surface area contributed by atoms with Crippen molar-refractivity contribution in [1.29, 1.82) is 0 Å². The van der Waals surface area contributed by atoms with Crippen LogP contribution < -0.4 is 20.3 Å². The van der Waals surface area contributed by atoms with Gasteiger partial charge in [-0.25, -0.2) is 19.8 Å². The number of aryl methyl sites for hydroxylation is 1. The zero-order chi connectivity index (χ0) is 28.5. The summed E-state index contributed by atoms with van der Waals surface area (Å²) in [6.07, 6.45) is 5.89. The van der Waals surface area contributed by atoms with E-state index in [4.69, 9.17) is 4.74 Å². The third-order valence-electron chi connectivity index (χ3n) is 7.00. The molecule has 1 saturated carbocycles. The third-order valence-corrected chi connectivity index (χ3v) is 8.10. The molecule has 3 aromatic heterocycles. The van der Waals surface area contributed by atoms with Gasteiger partial charge in [0.1, 0.15) is 15.5 Å². The monoisotopic (exact) mass is 566 g/mol. The Morgan fingerprint density at radius 1 is 1.17 bits per heavy atom. The summed E-state index contributed by atoms with van der Waals surface area (Å²) in [6.45, 7) is 5.29. The van der Waals surface area contributed by atoms with E-state index >= 15 is 0 Å². The van der Waals surface area contributed by atoms with Crippen LogP contribution in [0.4, 0.5) is 21.9 Å². The number of nitrogens with zero attached hydrogens (tertiary/aromatic N) is 4. The van der Waals surface area contributed by atoms with Crippen LogP contribution in [0, 0.1) is 6.92 Å². The van der Waals surface area contributed by atoms with Crippen LogP contribution in [-0.4, -0.2) is 39.6 Å². The second-order valence-corrected chi connectivity index (χ2v) is 10.7. The van der Waals surface area contributed by atoms with Gasteiger partial charge in [-0.2, -0.15) is 0 Å². The van der Waals surface area contributed by atoms with E-state index in [0.29, 0.717) is 68.0 Å². The van der Waals surface area contributed by atoms with Gasteiger partial charge in [0, 0.05) is 18.0 Å². The van der Waals surface area contributed by atoms with Crippen molar-refractivity contribution in [3.8, 4) is 11.6 Å². The molecule has 1 atom stereocenters. The van der Waals surface area contributed by atoms with Gasteiger partial charge in [0.05, 0.1) is 34.2 Å². The van der Waals surface area contributed by atoms with E-state index < -0.39 is 11.9 Å². The first-order valence-electron chi connectivity index (χ1n) is 13.2. The molecule has 0 unspecified atom stereocenters. The van der Waals surface area contributed by atoms with Gasteiger partial charge in [0.25, 0.3) is 11.8 Å². The van der Waals surface area contributed by atoms with Gasteiger partial charge in [-0.1, -0.05) is 31.2 Å². The van der Waals surface area contributed by atoms with Crippen LogP contribution >= 0.6 is 11.3 Å². The summed E-state index contributed by atoms with van der Waals surface area (Å²) in [5.74, 6) is 0.286. The van der Waals surface area contributed by atoms with Crippen molar-refractivity contribution in [2.75, 3.05) is 10.2 Å². The Labute approximate surface area is 239 Å². The van der Waals surface area contributed by atoms with Gasteiger partial charge in [-0.15, -0.1) is 11.3 Å². The van der Waals surface area contributed by atoms with Crippen LogP contribution in [0.25, 0.3) is 10.2 Å². The van der Waals surface area contributed by atoms with E-state index in [2.05, 4.69) is 32.2 Å². The van der Waals surface area contributed by atoms with Gasteiger partial charge >= 0.3 is 6.03 Å². The molecule has 10 nitrogen and oxygen atoms in total. The summed E-state index contributed by atoms with van der Waals surface area (Å²) in [4.78, 5) is 54.6. The Hall–Kier alpha value is -4.90. The maximum atomic E-state index is 13.5. The average Bonchev–Trinajstić information content (AvgIpc) is 3.35. The minimum Gasteiger partial charge on any atom is -0.439 e. The highest BCUT2D eigenvalue weighted by Crippen LogP contribution is 2.46. The highest BCUT2D eigenvalue weighted by Gasteiger charge is 2.34. The molecule has 6 rings (SSSR count).